The third-order valence-electron chi connectivity index (χ3n) is 3.03. The molecule has 0 bridgehead atoms. The molecule has 0 saturated carbocycles. The summed E-state index contributed by atoms with van der Waals surface area (Å²) in [6.07, 6.45) is 6.19. The van der Waals surface area contributed by atoms with Gasteiger partial charge in [-0.15, -0.1) is 0 Å². The van der Waals surface area contributed by atoms with Crippen LogP contribution in [-0.4, -0.2) is 10.9 Å². The summed E-state index contributed by atoms with van der Waals surface area (Å²) in [6, 6.07) is 11.8. The van der Waals surface area contributed by atoms with Crippen molar-refractivity contribution in [2.75, 3.05) is 0 Å². The lowest BCUT2D eigenvalue weighted by atomic mass is 9.92. The summed E-state index contributed by atoms with van der Waals surface area (Å²) in [5.41, 5.74) is 3.83. The molecule has 0 fully saturated rings. The van der Waals surface area contributed by atoms with Crippen LogP contribution < -0.4 is 0 Å². The maximum Gasteiger partial charge on any atom is 0.105 e. The summed E-state index contributed by atoms with van der Waals surface area (Å²) in [5, 5.41) is 21.5. The van der Waals surface area contributed by atoms with Crippen molar-refractivity contribution in [1.29, 1.82) is 5.26 Å². The topological polar surface area (TPSA) is 56.4 Å². The predicted octanol–water partition coefficient (Wildman–Crippen LogP) is 3.70. The van der Waals surface area contributed by atoms with Crippen molar-refractivity contribution in [2.24, 2.45) is 5.16 Å². The summed E-state index contributed by atoms with van der Waals surface area (Å²) in [5.74, 6) is 0. The Morgan fingerprint density at radius 1 is 1.26 bits per heavy atom. The summed E-state index contributed by atoms with van der Waals surface area (Å²) < 4.78 is 0. The fraction of sp³-hybridized carbons (Fsp3) is 0.125. The van der Waals surface area contributed by atoms with E-state index in [1.165, 1.54) is 0 Å². The predicted molar refractivity (Wildman–Crippen MR) is 75.7 cm³/mol. The van der Waals surface area contributed by atoms with Gasteiger partial charge in [0.2, 0.25) is 0 Å². The molecule has 2 rings (SSSR count). The van der Waals surface area contributed by atoms with Crippen LogP contribution >= 0.6 is 0 Å². The molecule has 0 aliphatic heterocycles. The van der Waals surface area contributed by atoms with Gasteiger partial charge in [-0.2, -0.15) is 5.26 Å². The summed E-state index contributed by atoms with van der Waals surface area (Å²) in [7, 11) is 0. The highest BCUT2D eigenvalue weighted by Gasteiger charge is 2.12. The largest absolute Gasteiger partial charge is 0.410 e. The summed E-state index contributed by atoms with van der Waals surface area (Å²) >= 11 is 0. The van der Waals surface area contributed by atoms with Gasteiger partial charge in [-0.05, 0) is 35.3 Å². The zero-order valence-corrected chi connectivity index (χ0v) is 10.7. The highest BCUT2D eigenvalue weighted by molar-refractivity contribution is 6.10. The lowest BCUT2D eigenvalue weighted by molar-refractivity contribution is 0.319. The van der Waals surface area contributed by atoms with Crippen LogP contribution in [0.15, 0.2) is 64.9 Å². The Labute approximate surface area is 112 Å². The number of rotatable bonds is 2. The normalized spacial score (nSPS) is 18.9. The molecule has 1 aliphatic carbocycles. The van der Waals surface area contributed by atoms with Crippen LogP contribution in [0.2, 0.25) is 0 Å². The van der Waals surface area contributed by atoms with E-state index in [-0.39, 0.29) is 0 Å². The van der Waals surface area contributed by atoms with Gasteiger partial charge in [-0.25, -0.2) is 0 Å². The van der Waals surface area contributed by atoms with Gasteiger partial charge in [0, 0.05) is 0 Å². The SMILES string of the molecule is CCC1=CC(=C(\C#N)c2ccccc2)/C=CC/1=N/O. The van der Waals surface area contributed by atoms with Gasteiger partial charge in [-0.3, -0.25) is 0 Å². The molecular formula is C16H14N2O. The minimum absolute atomic E-state index is 0.552. The fourth-order valence-corrected chi connectivity index (χ4v) is 2.02. The lowest BCUT2D eigenvalue weighted by Crippen LogP contribution is -2.04. The number of benzene rings is 1. The second kappa shape index (κ2) is 5.83. The first-order valence-corrected chi connectivity index (χ1v) is 6.11. The number of oxime groups is 1. The van der Waals surface area contributed by atoms with E-state index < -0.39 is 0 Å². The molecule has 1 aromatic carbocycles. The smallest absolute Gasteiger partial charge is 0.105 e. The van der Waals surface area contributed by atoms with Gasteiger partial charge < -0.3 is 5.21 Å². The molecule has 19 heavy (non-hydrogen) atoms. The maximum absolute atomic E-state index is 9.36. The van der Waals surface area contributed by atoms with Gasteiger partial charge in [0.05, 0.1) is 5.57 Å². The van der Waals surface area contributed by atoms with Gasteiger partial charge in [0.15, 0.2) is 0 Å². The Morgan fingerprint density at radius 2 is 2.00 bits per heavy atom. The van der Waals surface area contributed by atoms with Crippen molar-refractivity contribution in [2.45, 2.75) is 13.3 Å². The molecule has 3 heteroatoms. The third-order valence-corrected chi connectivity index (χ3v) is 3.03. The van der Waals surface area contributed by atoms with Crippen molar-refractivity contribution < 1.29 is 5.21 Å². The minimum Gasteiger partial charge on any atom is -0.410 e. The molecule has 0 heterocycles. The van der Waals surface area contributed by atoms with E-state index in [9.17, 15) is 5.26 Å². The average molecular weight is 250 g/mol. The second-order valence-electron chi connectivity index (χ2n) is 4.15. The van der Waals surface area contributed by atoms with E-state index in [1.54, 1.807) is 12.2 Å². The highest BCUT2D eigenvalue weighted by Crippen LogP contribution is 2.25. The van der Waals surface area contributed by atoms with E-state index in [1.807, 2.05) is 43.3 Å². The first-order chi connectivity index (χ1) is 9.30. The van der Waals surface area contributed by atoms with Crippen LogP contribution in [-0.2, 0) is 0 Å². The molecule has 1 N–H and O–H groups in total. The Kier molecular flexibility index (Phi) is 3.94. The van der Waals surface area contributed by atoms with Crippen molar-refractivity contribution in [3.63, 3.8) is 0 Å². The molecule has 1 aromatic rings. The molecule has 1 aliphatic rings. The van der Waals surface area contributed by atoms with Gasteiger partial charge in [-0.1, -0.05) is 48.5 Å². The van der Waals surface area contributed by atoms with Gasteiger partial charge in [0.25, 0.3) is 0 Å². The van der Waals surface area contributed by atoms with Crippen LogP contribution in [0, 0.1) is 11.3 Å². The average Bonchev–Trinajstić information content (AvgIpc) is 2.49. The molecule has 0 unspecified atom stereocenters. The standard InChI is InChI=1S/C16H14N2O/c1-2-12-10-14(8-9-16(12)18-19)15(11-17)13-6-4-3-5-7-13/h3-10,19H,2H2,1H3/b15-14+,18-16-. The molecule has 0 atom stereocenters. The van der Waals surface area contributed by atoms with Gasteiger partial charge >= 0.3 is 0 Å². The number of hydrogen-bond acceptors (Lipinski definition) is 3. The Hall–Kier alpha value is -2.60. The molecule has 3 nitrogen and oxygen atoms in total. The van der Waals surface area contributed by atoms with Crippen LogP contribution in [0.3, 0.4) is 0 Å². The van der Waals surface area contributed by atoms with Crippen molar-refractivity contribution in [3.8, 4) is 6.07 Å². The van der Waals surface area contributed by atoms with E-state index in [4.69, 9.17) is 5.21 Å². The molecule has 0 aromatic heterocycles. The van der Waals surface area contributed by atoms with Crippen LogP contribution in [0.25, 0.3) is 5.57 Å². The maximum atomic E-state index is 9.36. The molecule has 0 saturated heterocycles. The first kappa shape index (κ1) is 12.8. The number of nitriles is 1. The van der Waals surface area contributed by atoms with E-state index in [0.29, 0.717) is 11.3 Å². The van der Waals surface area contributed by atoms with Crippen molar-refractivity contribution in [3.05, 3.63) is 65.3 Å². The van der Waals surface area contributed by atoms with E-state index >= 15 is 0 Å². The first-order valence-electron chi connectivity index (χ1n) is 6.11. The molecule has 0 radical (unpaired) electrons. The summed E-state index contributed by atoms with van der Waals surface area (Å²) in [6.45, 7) is 1.99. The van der Waals surface area contributed by atoms with Crippen LogP contribution in [0.4, 0.5) is 0 Å². The Morgan fingerprint density at radius 3 is 2.58 bits per heavy atom. The molecule has 94 valence electrons. The quantitative estimate of drug-likeness (QED) is 0.494. The number of hydrogen-bond donors (Lipinski definition) is 1. The molecule has 0 amide bonds. The van der Waals surface area contributed by atoms with E-state index in [2.05, 4.69) is 11.2 Å². The highest BCUT2D eigenvalue weighted by atomic mass is 16.4. The Balaban J connectivity index is 2.53. The minimum atomic E-state index is 0.552. The van der Waals surface area contributed by atoms with Crippen LogP contribution in [0.5, 0.6) is 0 Å². The molecular weight excluding hydrogens is 236 g/mol. The van der Waals surface area contributed by atoms with Crippen LogP contribution in [0.1, 0.15) is 18.9 Å². The molecule has 0 spiro atoms. The Bertz CT molecular complexity index is 628. The van der Waals surface area contributed by atoms with Crippen molar-refractivity contribution in [1.82, 2.24) is 0 Å². The number of allylic oxidation sites excluding steroid dienone is 6. The zero-order chi connectivity index (χ0) is 13.7. The third kappa shape index (κ3) is 2.63. The van der Waals surface area contributed by atoms with Crippen molar-refractivity contribution >= 4 is 11.3 Å². The lowest BCUT2D eigenvalue weighted by Gasteiger charge is -2.11. The second-order valence-corrected chi connectivity index (χ2v) is 4.15. The zero-order valence-electron chi connectivity index (χ0n) is 10.7. The number of nitrogens with zero attached hydrogens (tertiary/aromatic N) is 2. The summed E-state index contributed by atoms with van der Waals surface area (Å²) in [4.78, 5) is 0. The monoisotopic (exact) mass is 250 g/mol. The van der Waals surface area contributed by atoms with Gasteiger partial charge in [0.1, 0.15) is 11.8 Å². The fourth-order valence-electron chi connectivity index (χ4n) is 2.02. The van der Waals surface area contributed by atoms with E-state index in [0.717, 1.165) is 23.1 Å².